The fourth-order valence-corrected chi connectivity index (χ4v) is 11.1. The Morgan fingerprint density at radius 1 is 0.942 bits per heavy atom. The number of pyridine rings is 1. The van der Waals surface area contributed by atoms with Crippen LogP contribution in [0.25, 0.3) is 0 Å². The van der Waals surface area contributed by atoms with Crippen molar-refractivity contribution in [2.24, 2.45) is 51.1 Å². The molecule has 0 aromatic carbocycles. The van der Waals surface area contributed by atoms with Gasteiger partial charge in [-0.1, -0.05) is 79.6 Å². The van der Waals surface area contributed by atoms with Crippen molar-refractivity contribution in [3.05, 3.63) is 30.1 Å². The van der Waals surface area contributed by atoms with E-state index in [0.29, 0.717) is 30.9 Å². The van der Waals surface area contributed by atoms with Crippen LogP contribution in [0.4, 0.5) is 0 Å². The van der Waals surface area contributed by atoms with Crippen LogP contribution < -0.4 is 11.1 Å². The number of ketones is 3. The normalized spacial score (nSPS) is 26.9. The van der Waals surface area contributed by atoms with Crippen LogP contribution in [-0.4, -0.2) is 63.6 Å². The lowest BCUT2D eigenvalue weighted by Gasteiger charge is -2.37. The lowest BCUT2D eigenvalue weighted by Crippen LogP contribution is -2.51. The number of likely N-dealkylation sites (tertiary alicyclic amines) is 1. The van der Waals surface area contributed by atoms with E-state index in [1.165, 1.54) is 6.20 Å². The summed E-state index contributed by atoms with van der Waals surface area (Å²) >= 11 is 0. The van der Waals surface area contributed by atoms with E-state index in [9.17, 15) is 24.0 Å². The van der Waals surface area contributed by atoms with E-state index in [-0.39, 0.29) is 58.4 Å². The Balaban J connectivity index is 1.28. The van der Waals surface area contributed by atoms with Gasteiger partial charge in [0.2, 0.25) is 11.7 Å². The number of carbonyl (C=O) groups excluding carboxylic acids is 6. The van der Waals surface area contributed by atoms with Crippen molar-refractivity contribution in [2.75, 3.05) is 6.54 Å². The molecule has 284 valence electrons. The molecular formula is C42H60N4O6. The second-order valence-corrected chi connectivity index (χ2v) is 18.6. The molecule has 3 amide bonds. The molecule has 1 unspecified atom stereocenters. The fraction of sp³-hybridized carbons (Fsp3) is 0.738. The summed E-state index contributed by atoms with van der Waals surface area (Å²) in [5.74, 6) is -3.89. The first-order chi connectivity index (χ1) is 24.5. The number of primary amides is 1. The molecule has 4 saturated carbocycles. The maximum Gasteiger partial charge on any atom is 0.285 e. The standard InChI is InChI=1S/C42H60N4O6/c1-39(2,3)30(22-33(48)34(27-14-7-6-8-15-27)45-37(51)28-16-10-19-44-24-28)38(52)46-25-42(40(4,5)41(42)17-11-18-41)23-31(46)32(47)21-29(35(49)36(43)50)20-26-12-9-13-26/h10,16,19,24,26-27,29-31,34H,6-9,11-15,17-18,20-23,25H2,1-5H3,(H2,43,50)(H,45,51)/t29?,30-,31+,34+,42-/m1/s1. The van der Waals surface area contributed by atoms with Crippen molar-refractivity contribution in [3.63, 3.8) is 0 Å². The summed E-state index contributed by atoms with van der Waals surface area (Å²) in [5, 5.41) is 3.04. The van der Waals surface area contributed by atoms with Crippen molar-refractivity contribution in [1.82, 2.24) is 15.2 Å². The molecule has 6 rings (SSSR count). The summed E-state index contributed by atoms with van der Waals surface area (Å²) in [5.41, 5.74) is 5.02. The number of rotatable bonds is 14. The smallest absolute Gasteiger partial charge is 0.285 e. The number of hydrogen-bond donors (Lipinski definition) is 2. The zero-order valence-corrected chi connectivity index (χ0v) is 32.0. The highest BCUT2D eigenvalue weighted by molar-refractivity contribution is 6.36. The number of hydrogen-bond acceptors (Lipinski definition) is 7. The monoisotopic (exact) mass is 716 g/mol. The molecule has 1 aromatic heterocycles. The molecule has 4 aliphatic carbocycles. The van der Waals surface area contributed by atoms with Crippen LogP contribution in [0, 0.1) is 45.3 Å². The van der Waals surface area contributed by atoms with Gasteiger partial charge in [-0.2, -0.15) is 0 Å². The molecule has 3 N–H and O–H groups in total. The van der Waals surface area contributed by atoms with Gasteiger partial charge in [-0.25, -0.2) is 0 Å². The topological polar surface area (TPSA) is 157 Å². The SMILES string of the molecule is CC(C)(C)[C@H](CC(=O)[C@@H](NC(=O)c1cccnc1)C1CCCCC1)C(=O)N1C[C@]2(C[C@H]1C(=O)CC(CC1CCC1)C(=O)C(N)=O)C(C)(C)C21CCC1. The highest BCUT2D eigenvalue weighted by Gasteiger charge is 2.85. The van der Waals surface area contributed by atoms with Crippen LogP contribution in [0.3, 0.4) is 0 Å². The predicted molar refractivity (Wildman–Crippen MR) is 197 cm³/mol. The lowest BCUT2D eigenvalue weighted by molar-refractivity contribution is -0.147. The second kappa shape index (κ2) is 14.4. The highest BCUT2D eigenvalue weighted by Crippen LogP contribution is 2.88. The van der Waals surface area contributed by atoms with Crippen molar-refractivity contribution in [2.45, 2.75) is 143 Å². The molecule has 2 spiro atoms. The van der Waals surface area contributed by atoms with Crippen LogP contribution in [-0.2, 0) is 24.0 Å². The van der Waals surface area contributed by atoms with Gasteiger partial charge in [0, 0.05) is 49.0 Å². The Morgan fingerprint density at radius 3 is 2.15 bits per heavy atom. The maximum atomic E-state index is 15.1. The Hall–Kier alpha value is -3.43. The van der Waals surface area contributed by atoms with E-state index in [4.69, 9.17) is 5.73 Å². The number of nitrogens with one attached hydrogen (secondary N) is 1. The zero-order chi connectivity index (χ0) is 37.6. The minimum absolute atomic E-state index is 0.0249. The average Bonchev–Trinajstić information content (AvgIpc) is 3.28. The molecule has 5 atom stereocenters. The first-order valence-electron chi connectivity index (χ1n) is 19.9. The van der Waals surface area contributed by atoms with Gasteiger partial charge < -0.3 is 16.0 Å². The van der Waals surface area contributed by atoms with Crippen LogP contribution in [0.5, 0.6) is 0 Å². The summed E-state index contributed by atoms with van der Waals surface area (Å²) in [6.45, 7) is 10.9. The molecule has 10 heteroatoms. The quantitative estimate of drug-likeness (QED) is 0.224. The van der Waals surface area contributed by atoms with E-state index >= 15 is 4.79 Å². The van der Waals surface area contributed by atoms with Gasteiger partial charge in [-0.05, 0) is 78.7 Å². The number of fused-ring (bicyclic) bond motifs is 1. The second-order valence-electron chi connectivity index (χ2n) is 18.6. The third kappa shape index (κ3) is 6.76. The molecule has 1 saturated heterocycles. The molecular weight excluding hydrogens is 656 g/mol. The third-order valence-electron chi connectivity index (χ3n) is 14.8. The summed E-state index contributed by atoms with van der Waals surface area (Å²) < 4.78 is 0. The summed E-state index contributed by atoms with van der Waals surface area (Å²) in [6, 6.07) is 1.89. The van der Waals surface area contributed by atoms with Crippen LogP contribution >= 0.6 is 0 Å². The molecule has 5 fully saturated rings. The summed E-state index contributed by atoms with van der Waals surface area (Å²) in [4.78, 5) is 88.4. The minimum Gasteiger partial charge on any atom is -0.363 e. The molecule has 2 heterocycles. The Morgan fingerprint density at radius 2 is 1.63 bits per heavy atom. The van der Waals surface area contributed by atoms with Crippen LogP contribution in [0.15, 0.2) is 24.5 Å². The van der Waals surface area contributed by atoms with Crippen molar-refractivity contribution >= 4 is 35.1 Å². The Bertz CT molecular complexity index is 1570. The van der Waals surface area contributed by atoms with Gasteiger partial charge in [0.05, 0.1) is 17.6 Å². The Kier molecular flexibility index (Phi) is 10.6. The number of Topliss-reactive ketones (excluding diaryl/α,β-unsaturated/α-hetero) is 3. The van der Waals surface area contributed by atoms with E-state index in [2.05, 4.69) is 24.1 Å². The molecule has 52 heavy (non-hydrogen) atoms. The molecule has 5 aliphatic rings. The minimum atomic E-state index is -1.01. The molecule has 1 aromatic rings. The van der Waals surface area contributed by atoms with Gasteiger partial charge in [0.25, 0.3) is 11.8 Å². The summed E-state index contributed by atoms with van der Waals surface area (Å²) in [7, 11) is 0. The van der Waals surface area contributed by atoms with Crippen LogP contribution in [0.2, 0.25) is 0 Å². The lowest BCUT2D eigenvalue weighted by atomic mass is 9.73. The van der Waals surface area contributed by atoms with Crippen LogP contribution in [0.1, 0.15) is 141 Å². The van der Waals surface area contributed by atoms with E-state index in [0.717, 1.165) is 70.6 Å². The van der Waals surface area contributed by atoms with Gasteiger partial charge >= 0.3 is 0 Å². The molecule has 0 radical (unpaired) electrons. The number of nitrogens with two attached hydrogens (primary N) is 1. The first-order valence-corrected chi connectivity index (χ1v) is 19.9. The highest BCUT2D eigenvalue weighted by atomic mass is 16.2. The molecule has 1 aliphatic heterocycles. The van der Waals surface area contributed by atoms with E-state index in [1.54, 1.807) is 23.2 Å². The number of aromatic nitrogens is 1. The molecule has 10 nitrogen and oxygen atoms in total. The number of amides is 3. The summed E-state index contributed by atoms with van der Waals surface area (Å²) in [6.07, 6.45) is 14.9. The first kappa shape index (κ1) is 38.3. The van der Waals surface area contributed by atoms with Crippen molar-refractivity contribution in [3.8, 4) is 0 Å². The maximum absolute atomic E-state index is 15.1. The fourth-order valence-electron chi connectivity index (χ4n) is 11.1. The van der Waals surface area contributed by atoms with Gasteiger partial charge in [0.15, 0.2) is 11.6 Å². The van der Waals surface area contributed by atoms with E-state index < -0.39 is 41.0 Å². The van der Waals surface area contributed by atoms with Gasteiger partial charge in [0.1, 0.15) is 0 Å². The van der Waals surface area contributed by atoms with E-state index in [1.807, 2.05) is 20.8 Å². The zero-order valence-electron chi connectivity index (χ0n) is 32.0. The largest absolute Gasteiger partial charge is 0.363 e. The van der Waals surface area contributed by atoms with Gasteiger partial charge in [-0.15, -0.1) is 0 Å². The predicted octanol–water partition coefficient (Wildman–Crippen LogP) is 6.00. The van der Waals surface area contributed by atoms with Gasteiger partial charge in [-0.3, -0.25) is 33.8 Å². The Labute approximate surface area is 309 Å². The van der Waals surface area contributed by atoms with Crippen molar-refractivity contribution in [1.29, 1.82) is 0 Å². The third-order valence-corrected chi connectivity index (χ3v) is 14.8. The average molecular weight is 717 g/mol. The van der Waals surface area contributed by atoms with Crippen molar-refractivity contribution < 1.29 is 28.8 Å². The number of carbonyl (C=O) groups is 6. The number of nitrogens with zero attached hydrogens (tertiary/aromatic N) is 2. The molecule has 0 bridgehead atoms.